The lowest BCUT2D eigenvalue weighted by molar-refractivity contribution is -0.123. The molecule has 10 heteroatoms. The number of aromatic amines is 1. The van der Waals surface area contributed by atoms with Crippen LogP contribution in [0, 0.1) is 29.6 Å². The minimum atomic E-state index is -0.432. The molecule has 3 heterocycles. The van der Waals surface area contributed by atoms with Gasteiger partial charge >= 0.3 is 10.8 Å². The standard InChI is InChI=1S/C28H23BrN2O5S2/c1-2-36-27(34)12-6-8-15(9-7-12)31-25(32)20-16-11-17(21(20)26(31)33)22-19(16)18(13-4-3-5-14(29)10-13)23-24(37-22)30-28(35)38-23/h3-10,16-22H,2,11H2,1H3,(H,30,35)/t16-,17-,18+,19+,20+,21+,22-/m1/s1. The normalized spacial score (nSPS) is 30.8. The van der Waals surface area contributed by atoms with Crippen molar-refractivity contribution in [1.29, 1.82) is 0 Å². The van der Waals surface area contributed by atoms with E-state index in [9.17, 15) is 19.2 Å². The number of hydrogen-bond donors (Lipinski definition) is 1. The lowest BCUT2D eigenvalue weighted by Gasteiger charge is -2.43. The molecule has 2 aliphatic carbocycles. The van der Waals surface area contributed by atoms with Gasteiger partial charge in [0, 0.05) is 20.5 Å². The molecule has 38 heavy (non-hydrogen) atoms. The summed E-state index contributed by atoms with van der Waals surface area (Å²) in [5.74, 6) is -1.20. The molecular weight excluding hydrogens is 588 g/mol. The number of hydrogen-bond acceptors (Lipinski definition) is 7. The van der Waals surface area contributed by atoms with Gasteiger partial charge in [0.1, 0.15) is 0 Å². The van der Waals surface area contributed by atoms with Gasteiger partial charge in [-0.25, -0.2) is 4.79 Å². The molecule has 7 atom stereocenters. The van der Waals surface area contributed by atoms with Crippen molar-refractivity contribution in [2.75, 3.05) is 11.5 Å². The highest BCUT2D eigenvalue weighted by Crippen LogP contribution is 2.68. The molecule has 4 aliphatic rings. The van der Waals surface area contributed by atoms with Crippen LogP contribution in [0.3, 0.4) is 0 Å². The van der Waals surface area contributed by atoms with Crippen molar-refractivity contribution in [2.24, 2.45) is 29.6 Å². The number of H-pyrrole nitrogens is 1. The van der Waals surface area contributed by atoms with Crippen molar-refractivity contribution in [2.45, 2.75) is 29.5 Å². The zero-order valence-electron chi connectivity index (χ0n) is 20.3. The first-order valence-electron chi connectivity index (χ1n) is 12.7. The van der Waals surface area contributed by atoms with E-state index in [1.807, 2.05) is 12.1 Å². The Morgan fingerprint density at radius 3 is 2.53 bits per heavy atom. The van der Waals surface area contributed by atoms with Crippen molar-refractivity contribution in [3.05, 3.63) is 78.7 Å². The van der Waals surface area contributed by atoms with E-state index >= 15 is 0 Å². The zero-order valence-corrected chi connectivity index (χ0v) is 23.5. The number of nitrogens with zero attached hydrogens (tertiary/aromatic N) is 1. The first-order valence-corrected chi connectivity index (χ1v) is 15.2. The number of rotatable bonds is 4. The number of benzene rings is 2. The summed E-state index contributed by atoms with van der Waals surface area (Å²) in [5, 5.41) is 1.05. The maximum Gasteiger partial charge on any atom is 0.338 e. The molecule has 2 amide bonds. The Kier molecular flexibility index (Phi) is 5.72. The first kappa shape index (κ1) is 24.4. The summed E-state index contributed by atoms with van der Waals surface area (Å²) in [6, 6.07) is 14.7. The summed E-state index contributed by atoms with van der Waals surface area (Å²) in [6.45, 7) is 2.02. The Labute approximate surface area is 235 Å². The van der Waals surface area contributed by atoms with Crippen molar-refractivity contribution in [3.8, 4) is 0 Å². The molecule has 0 radical (unpaired) electrons. The summed E-state index contributed by atoms with van der Waals surface area (Å²) >= 11 is 6.54. The van der Waals surface area contributed by atoms with Crippen LogP contribution in [0.2, 0.25) is 0 Å². The molecule has 1 N–H and O–H groups in total. The number of nitrogens with one attached hydrogen (secondary N) is 1. The van der Waals surface area contributed by atoms with Gasteiger partial charge in [0.05, 0.1) is 34.7 Å². The fraction of sp³-hybridized carbons (Fsp3) is 0.357. The second-order valence-electron chi connectivity index (χ2n) is 10.3. The van der Waals surface area contributed by atoms with Crippen LogP contribution in [-0.4, -0.2) is 34.6 Å². The molecule has 2 bridgehead atoms. The number of ether oxygens (including phenoxy) is 1. The third-order valence-electron chi connectivity index (χ3n) is 8.57. The topological polar surface area (TPSA) is 96.5 Å². The third kappa shape index (κ3) is 3.46. The van der Waals surface area contributed by atoms with E-state index in [0.717, 1.165) is 26.4 Å². The number of imide groups is 1. The highest BCUT2D eigenvalue weighted by atomic mass is 79.9. The number of fused-ring (bicyclic) bond motifs is 9. The summed E-state index contributed by atoms with van der Waals surface area (Å²) < 4.78 is 6.03. The lowest BCUT2D eigenvalue weighted by Crippen LogP contribution is -2.42. The van der Waals surface area contributed by atoms with E-state index in [0.29, 0.717) is 11.3 Å². The van der Waals surface area contributed by atoms with Gasteiger partial charge in [-0.3, -0.25) is 19.3 Å². The largest absolute Gasteiger partial charge is 0.462 e. The third-order valence-corrected chi connectivity index (χ3v) is 11.6. The molecular formula is C28H23BrN2O5S2. The molecule has 2 aliphatic heterocycles. The Bertz CT molecular complexity index is 1550. The fourth-order valence-electron chi connectivity index (χ4n) is 7.31. The molecule has 194 valence electrons. The minimum absolute atomic E-state index is 0.00513. The SMILES string of the molecule is CCOC(=O)c1ccc(N2C(=O)[C@H]3[C@H]4C[C@@H]([C@@H]3C2=O)[C@H]2[C@H](c3cccc(Br)c3)c3sc(=O)[nH]c3S[C@H]42)cc1. The second kappa shape index (κ2) is 8.93. The van der Waals surface area contributed by atoms with E-state index in [1.54, 1.807) is 43.0 Å². The van der Waals surface area contributed by atoms with Crippen LogP contribution in [0.5, 0.6) is 0 Å². The van der Waals surface area contributed by atoms with Crippen LogP contribution in [0.25, 0.3) is 0 Å². The quantitative estimate of drug-likeness (QED) is 0.328. The second-order valence-corrected chi connectivity index (χ2v) is 13.4. The number of halogens is 1. The summed E-state index contributed by atoms with van der Waals surface area (Å²) in [5.41, 5.74) is 2.00. The van der Waals surface area contributed by atoms with Gasteiger partial charge < -0.3 is 9.72 Å². The molecule has 0 unspecified atom stereocenters. The van der Waals surface area contributed by atoms with Crippen LogP contribution >= 0.6 is 39.0 Å². The number of thiazole rings is 1. The van der Waals surface area contributed by atoms with Crippen LogP contribution in [-0.2, 0) is 14.3 Å². The van der Waals surface area contributed by atoms with Gasteiger partial charge in [0.25, 0.3) is 0 Å². The Morgan fingerprint density at radius 2 is 1.82 bits per heavy atom. The fourth-order valence-corrected chi connectivity index (χ4v) is 10.6. The highest BCUT2D eigenvalue weighted by molar-refractivity contribution is 9.10. The van der Waals surface area contributed by atoms with Gasteiger partial charge in [-0.1, -0.05) is 39.4 Å². The minimum Gasteiger partial charge on any atom is -0.462 e. The van der Waals surface area contributed by atoms with E-state index in [1.165, 1.54) is 16.2 Å². The summed E-state index contributed by atoms with van der Waals surface area (Å²) in [4.78, 5) is 57.4. The van der Waals surface area contributed by atoms with Gasteiger partial charge in [-0.2, -0.15) is 0 Å². The van der Waals surface area contributed by atoms with Crippen LogP contribution in [0.1, 0.15) is 40.1 Å². The van der Waals surface area contributed by atoms with Crippen molar-refractivity contribution in [1.82, 2.24) is 4.98 Å². The average Bonchev–Trinajstić information content (AvgIpc) is 3.63. The molecule has 7 rings (SSSR count). The van der Waals surface area contributed by atoms with E-state index in [-0.39, 0.29) is 64.1 Å². The monoisotopic (exact) mass is 610 g/mol. The summed E-state index contributed by atoms with van der Waals surface area (Å²) in [7, 11) is 0. The molecule has 0 spiro atoms. The van der Waals surface area contributed by atoms with Crippen LogP contribution < -0.4 is 9.77 Å². The molecule has 2 aromatic carbocycles. The lowest BCUT2D eigenvalue weighted by atomic mass is 9.68. The summed E-state index contributed by atoms with van der Waals surface area (Å²) in [6.07, 6.45) is 0.842. The zero-order chi connectivity index (χ0) is 26.3. The molecule has 1 saturated heterocycles. The number of esters is 1. The van der Waals surface area contributed by atoms with Crippen molar-refractivity contribution < 1.29 is 19.1 Å². The van der Waals surface area contributed by atoms with Crippen molar-refractivity contribution >= 4 is 62.5 Å². The molecule has 2 saturated carbocycles. The van der Waals surface area contributed by atoms with E-state index in [4.69, 9.17) is 4.74 Å². The maximum atomic E-state index is 13.9. The number of carbonyl (C=O) groups is 3. The Hall–Kier alpha value is -2.69. The van der Waals surface area contributed by atoms with E-state index in [2.05, 4.69) is 33.0 Å². The highest BCUT2D eigenvalue weighted by Gasteiger charge is 2.69. The Morgan fingerprint density at radius 1 is 1.08 bits per heavy atom. The number of thioether (sulfide) groups is 1. The first-order chi connectivity index (χ1) is 18.4. The number of anilines is 1. The average molecular weight is 612 g/mol. The number of amides is 2. The molecule has 7 nitrogen and oxygen atoms in total. The molecule has 3 aromatic rings. The van der Waals surface area contributed by atoms with Gasteiger partial charge in [0.15, 0.2) is 0 Å². The van der Waals surface area contributed by atoms with E-state index < -0.39 is 5.97 Å². The van der Waals surface area contributed by atoms with Crippen molar-refractivity contribution in [3.63, 3.8) is 0 Å². The van der Waals surface area contributed by atoms with Gasteiger partial charge in [0.2, 0.25) is 11.8 Å². The predicted octanol–water partition coefficient (Wildman–Crippen LogP) is 5.05. The predicted molar refractivity (Wildman–Crippen MR) is 148 cm³/mol. The smallest absolute Gasteiger partial charge is 0.338 e. The maximum absolute atomic E-state index is 13.9. The van der Waals surface area contributed by atoms with Crippen LogP contribution in [0.4, 0.5) is 5.69 Å². The van der Waals surface area contributed by atoms with Gasteiger partial charge in [-0.15, -0.1) is 11.8 Å². The van der Waals surface area contributed by atoms with Gasteiger partial charge in [-0.05, 0) is 73.1 Å². The number of carbonyl (C=O) groups excluding carboxylic acids is 3. The van der Waals surface area contributed by atoms with Crippen LogP contribution in [0.15, 0.2) is 62.8 Å². The molecule has 3 fully saturated rings. The number of aromatic nitrogens is 1. The Balaban J connectivity index is 1.25. The molecule has 1 aromatic heterocycles.